The van der Waals surface area contributed by atoms with Gasteiger partial charge in [-0.15, -0.1) is 0 Å². The third kappa shape index (κ3) is 9.19. The topological polar surface area (TPSA) is 0 Å². The largest absolute Gasteiger partial charge is 0.0622 e. The van der Waals surface area contributed by atoms with E-state index >= 15 is 0 Å². The van der Waals surface area contributed by atoms with Crippen molar-refractivity contribution in [3.63, 3.8) is 0 Å². The van der Waals surface area contributed by atoms with Crippen molar-refractivity contribution in [3.8, 4) is 0 Å². The first kappa shape index (κ1) is 50.1. The molecule has 0 atom stereocenters. The molecule has 0 N–H and O–H groups in total. The lowest BCUT2D eigenvalue weighted by Gasteiger charge is -2.31. The first-order valence-electron chi connectivity index (χ1n) is 27.3. The fourth-order valence-electron chi connectivity index (χ4n) is 12.3. The molecule has 0 nitrogen and oxygen atoms in total. The van der Waals surface area contributed by atoms with E-state index in [0.717, 1.165) is 0 Å². The minimum atomic E-state index is -0.166. The zero-order valence-corrected chi connectivity index (χ0v) is 45.6. The lowest BCUT2D eigenvalue weighted by Crippen LogP contribution is -2.19. The SMILES string of the molecule is CC(C)(c1ccccc1)c1ccc(C(c2ccc(C(C)(C)c3ccccc3)cc2)c2c3ccccc3c(C(c3ccc(C(C)(C)c4ccccc4)cc3)c3ccc(C(C)(C)c4ccccc4)cc3)c3ccccc23)cc1. The van der Waals surface area contributed by atoms with E-state index in [1.165, 1.54) is 99.4 Å². The second-order valence-electron chi connectivity index (χ2n) is 23.2. The highest BCUT2D eigenvalue weighted by atomic mass is 14.4. The molecule has 0 saturated carbocycles. The molecule has 0 aliphatic carbocycles. The molecule has 0 unspecified atom stereocenters. The maximum atomic E-state index is 2.41. The Kier molecular flexibility index (Phi) is 13.3. The third-order valence-corrected chi connectivity index (χ3v) is 17.4. The fraction of sp³-hybridized carbons (Fsp3) is 0.184. The first-order valence-corrected chi connectivity index (χ1v) is 27.3. The van der Waals surface area contributed by atoms with Crippen molar-refractivity contribution in [2.75, 3.05) is 0 Å². The zero-order chi connectivity index (χ0) is 52.7. The summed E-state index contributed by atoms with van der Waals surface area (Å²) in [5, 5.41) is 5.10. The summed E-state index contributed by atoms with van der Waals surface area (Å²) in [6.45, 7) is 18.7. The average molecular weight is 983 g/mol. The van der Waals surface area contributed by atoms with Crippen molar-refractivity contribution < 1.29 is 0 Å². The predicted octanol–water partition coefficient (Wildman–Crippen LogP) is 19.7. The number of fused-ring (bicyclic) bond motifs is 2. The molecular formula is C76H70. The van der Waals surface area contributed by atoms with E-state index < -0.39 is 0 Å². The van der Waals surface area contributed by atoms with E-state index in [2.05, 4.69) is 322 Å². The highest BCUT2D eigenvalue weighted by molar-refractivity contribution is 6.08. The van der Waals surface area contributed by atoms with Gasteiger partial charge in [0.2, 0.25) is 0 Å². The van der Waals surface area contributed by atoms with Crippen LogP contribution >= 0.6 is 0 Å². The molecule has 0 heteroatoms. The van der Waals surface area contributed by atoms with Crippen LogP contribution in [-0.2, 0) is 21.7 Å². The van der Waals surface area contributed by atoms with Gasteiger partial charge in [-0.25, -0.2) is 0 Å². The molecule has 0 radical (unpaired) electrons. The zero-order valence-electron chi connectivity index (χ0n) is 45.6. The van der Waals surface area contributed by atoms with Gasteiger partial charge in [0.1, 0.15) is 0 Å². The predicted molar refractivity (Wildman–Crippen MR) is 323 cm³/mol. The lowest BCUT2D eigenvalue weighted by atomic mass is 9.72. The normalized spacial score (nSPS) is 12.4. The van der Waals surface area contributed by atoms with Crippen LogP contribution in [0.25, 0.3) is 21.5 Å². The van der Waals surface area contributed by atoms with Crippen LogP contribution < -0.4 is 0 Å². The third-order valence-electron chi connectivity index (χ3n) is 17.4. The molecule has 0 spiro atoms. The Labute approximate surface area is 452 Å². The van der Waals surface area contributed by atoms with Gasteiger partial charge in [0.05, 0.1) is 0 Å². The van der Waals surface area contributed by atoms with Crippen molar-refractivity contribution >= 4 is 21.5 Å². The molecule has 0 heterocycles. The number of hydrogen-bond acceptors (Lipinski definition) is 0. The lowest BCUT2D eigenvalue weighted by molar-refractivity contribution is 0.639. The van der Waals surface area contributed by atoms with Gasteiger partial charge in [-0.2, -0.15) is 0 Å². The van der Waals surface area contributed by atoms with E-state index in [0.29, 0.717) is 0 Å². The maximum Gasteiger partial charge on any atom is 0.0352 e. The van der Waals surface area contributed by atoms with E-state index in [1.807, 2.05) is 0 Å². The van der Waals surface area contributed by atoms with Crippen LogP contribution in [0.4, 0.5) is 0 Å². The van der Waals surface area contributed by atoms with Crippen LogP contribution in [0.1, 0.15) is 145 Å². The van der Waals surface area contributed by atoms with Crippen molar-refractivity contribution in [2.24, 2.45) is 0 Å². The molecule has 374 valence electrons. The van der Waals surface area contributed by atoms with Gasteiger partial charge in [0.25, 0.3) is 0 Å². The molecular weight excluding hydrogens is 913 g/mol. The molecule has 76 heavy (non-hydrogen) atoms. The Balaban J connectivity index is 1.12. The Morgan fingerprint density at radius 2 is 0.342 bits per heavy atom. The average Bonchev–Trinajstić information content (AvgIpc) is 3.50. The van der Waals surface area contributed by atoms with E-state index in [9.17, 15) is 0 Å². The summed E-state index contributed by atoms with van der Waals surface area (Å²) in [6, 6.07) is 100. The Hall–Kier alpha value is -8.06. The van der Waals surface area contributed by atoms with E-state index in [-0.39, 0.29) is 33.5 Å². The molecule has 11 rings (SSSR count). The second-order valence-corrected chi connectivity index (χ2v) is 23.2. The summed E-state index contributed by atoms with van der Waals surface area (Å²) in [4.78, 5) is 0. The molecule has 0 aromatic heterocycles. The van der Waals surface area contributed by atoms with E-state index in [1.54, 1.807) is 0 Å². The molecule has 0 aliphatic heterocycles. The van der Waals surface area contributed by atoms with Gasteiger partial charge in [-0.3, -0.25) is 0 Å². The van der Waals surface area contributed by atoms with Gasteiger partial charge in [-0.05, 0) is 99.4 Å². The number of benzene rings is 11. The van der Waals surface area contributed by atoms with Crippen LogP contribution in [0.3, 0.4) is 0 Å². The summed E-state index contributed by atoms with van der Waals surface area (Å²) >= 11 is 0. The molecule has 0 aliphatic rings. The second kappa shape index (κ2) is 20.2. The number of rotatable bonds is 14. The Morgan fingerprint density at radius 1 is 0.184 bits per heavy atom. The molecule has 0 saturated heterocycles. The maximum absolute atomic E-state index is 2.41. The highest BCUT2D eigenvalue weighted by Gasteiger charge is 2.32. The highest BCUT2D eigenvalue weighted by Crippen LogP contribution is 2.49. The summed E-state index contributed by atoms with van der Waals surface area (Å²) in [6.07, 6.45) is 0. The van der Waals surface area contributed by atoms with Crippen molar-refractivity contribution in [3.05, 3.63) is 345 Å². The monoisotopic (exact) mass is 983 g/mol. The van der Waals surface area contributed by atoms with Gasteiger partial charge in [0.15, 0.2) is 0 Å². The van der Waals surface area contributed by atoms with Gasteiger partial charge in [0, 0.05) is 33.5 Å². The summed E-state index contributed by atoms with van der Waals surface area (Å²) in [5.41, 5.74) is 17.5. The minimum Gasteiger partial charge on any atom is -0.0622 e. The smallest absolute Gasteiger partial charge is 0.0352 e. The van der Waals surface area contributed by atoms with Crippen molar-refractivity contribution in [1.82, 2.24) is 0 Å². The van der Waals surface area contributed by atoms with Crippen LogP contribution in [0.2, 0.25) is 0 Å². The Bertz CT molecular complexity index is 3230. The van der Waals surface area contributed by atoms with Crippen LogP contribution in [-0.4, -0.2) is 0 Å². The van der Waals surface area contributed by atoms with Crippen LogP contribution in [0.15, 0.2) is 267 Å². The summed E-state index contributed by atoms with van der Waals surface area (Å²) < 4.78 is 0. The quantitative estimate of drug-likeness (QED) is 0.0752. The van der Waals surface area contributed by atoms with Crippen molar-refractivity contribution in [2.45, 2.75) is 88.9 Å². The fourth-order valence-corrected chi connectivity index (χ4v) is 12.3. The molecule has 0 fully saturated rings. The first-order chi connectivity index (χ1) is 36.7. The minimum absolute atomic E-state index is 0.0657. The molecule has 0 bridgehead atoms. The number of hydrogen-bond donors (Lipinski definition) is 0. The van der Waals surface area contributed by atoms with Gasteiger partial charge in [-0.1, -0.05) is 322 Å². The van der Waals surface area contributed by atoms with Crippen LogP contribution in [0.5, 0.6) is 0 Å². The van der Waals surface area contributed by atoms with Gasteiger partial charge < -0.3 is 0 Å². The van der Waals surface area contributed by atoms with E-state index in [4.69, 9.17) is 0 Å². The molecule has 0 amide bonds. The Morgan fingerprint density at radius 3 is 0.526 bits per heavy atom. The summed E-state index contributed by atoms with van der Waals surface area (Å²) in [7, 11) is 0. The van der Waals surface area contributed by atoms with Gasteiger partial charge >= 0.3 is 0 Å². The van der Waals surface area contributed by atoms with Crippen LogP contribution in [0, 0.1) is 0 Å². The molecule has 11 aromatic rings. The van der Waals surface area contributed by atoms with Crippen molar-refractivity contribution in [1.29, 1.82) is 0 Å². The molecule has 11 aromatic carbocycles. The standard InChI is InChI=1S/C76H70/c1-73(2,57-25-13-9-14-26-57)61-45-37-53(38-46-61)69(54-39-47-62(48-40-54)74(3,4)58-27-15-10-16-28-58)71-65-33-21-23-35-67(65)72(68-36-24-22-34-66(68)71)70(55-41-49-63(50-42-55)75(5,6)59-29-17-11-18-30-59)56-43-51-64(52-44-56)76(7,8)60-31-19-12-20-32-60/h9-52,69-70H,1-8H3. The summed E-state index contributed by atoms with van der Waals surface area (Å²) in [5.74, 6) is -0.131.